The number of carbonyl (C=O) groups is 2. The summed E-state index contributed by atoms with van der Waals surface area (Å²) in [6.45, 7) is 1.18. The van der Waals surface area contributed by atoms with Crippen LogP contribution in [0.4, 0.5) is 0 Å². The molecule has 2 aliphatic rings. The molecule has 2 unspecified atom stereocenters. The zero-order chi connectivity index (χ0) is 11.5. The molecule has 2 heterocycles. The molecule has 0 radical (unpaired) electrons. The van der Waals surface area contributed by atoms with E-state index in [4.69, 9.17) is 10.5 Å². The normalized spacial score (nSPS) is 29.3. The molecule has 2 fully saturated rings. The standard InChI is InChI=1S/C11H16N2O3/c12-9(5-7-1-3-13-10(7)14)6-8-2-4-16-11(8)15/h6-7,9H,1-5,12H2,(H,13,14)/b8-6-. The van der Waals surface area contributed by atoms with Crippen molar-refractivity contribution >= 4 is 11.9 Å². The van der Waals surface area contributed by atoms with Gasteiger partial charge in [0.2, 0.25) is 5.91 Å². The average Bonchev–Trinajstić information content (AvgIpc) is 2.79. The van der Waals surface area contributed by atoms with Crippen molar-refractivity contribution in [2.45, 2.75) is 25.3 Å². The SMILES string of the molecule is NC(/C=C1/CCOC1=O)CC1CCNC1=O. The molecule has 3 N–H and O–H groups in total. The van der Waals surface area contributed by atoms with Crippen LogP contribution in [0.25, 0.3) is 0 Å². The highest BCUT2D eigenvalue weighted by Crippen LogP contribution is 2.19. The summed E-state index contributed by atoms with van der Waals surface area (Å²) in [6, 6.07) is -0.241. The van der Waals surface area contributed by atoms with Crippen molar-refractivity contribution in [3.05, 3.63) is 11.6 Å². The number of hydrogen-bond acceptors (Lipinski definition) is 4. The van der Waals surface area contributed by atoms with E-state index in [2.05, 4.69) is 5.32 Å². The van der Waals surface area contributed by atoms with Gasteiger partial charge in [-0.25, -0.2) is 4.79 Å². The van der Waals surface area contributed by atoms with Crippen molar-refractivity contribution in [2.75, 3.05) is 13.2 Å². The zero-order valence-corrected chi connectivity index (χ0v) is 9.07. The summed E-state index contributed by atoms with van der Waals surface area (Å²) in [7, 11) is 0. The Morgan fingerprint density at radius 3 is 2.94 bits per heavy atom. The van der Waals surface area contributed by atoms with Gasteiger partial charge in [0.05, 0.1) is 6.61 Å². The summed E-state index contributed by atoms with van der Waals surface area (Å²) in [4.78, 5) is 22.5. The summed E-state index contributed by atoms with van der Waals surface area (Å²) in [5.41, 5.74) is 6.54. The lowest BCUT2D eigenvalue weighted by atomic mass is 9.97. The lowest BCUT2D eigenvalue weighted by molar-refractivity contribution is -0.135. The minimum absolute atomic E-state index is 0.00993. The number of cyclic esters (lactones) is 1. The Bertz CT molecular complexity index is 338. The second kappa shape index (κ2) is 4.65. The van der Waals surface area contributed by atoms with Crippen molar-refractivity contribution in [3.8, 4) is 0 Å². The minimum atomic E-state index is -0.272. The number of nitrogens with one attached hydrogen (secondary N) is 1. The molecule has 0 spiro atoms. The van der Waals surface area contributed by atoms with E-state index < -0.39 is 0 Å². The van der Waals surface area contributed by atoms with Gasteiger partial charge in [-0.3, -0.25) is 4.79 Å². The van der Waals surface area contributed by atoms with E-state index in [1.807, 2.05) is 0 Å². The van der Waals surface area contributed by atoms with E-state index in [0.717, 1.165) is 13.0 Å². The van der Waals surface area contributed by atoms with Crippen LogP contribution >= 0.6 is 0 Å². The number of esters is 1. The van der Waals surface area contributed by atoms with Gasteiger partial charge in [0.15, 0.2) is 0 Å². The predicted molar refractivity (Wildman–Crippen MR) is 57.4 cm³/mol. The van der Waals surface area contributed by atoms with Crippen LogP contribution in [0, 0.1) is 5.92 Å². The Labute approximate surface area is 94.0 Å². The number of nitrogens with two attached hydrogens (primary N) is 1. The Balaban J connectivity index is 1.90. The van der Waals surface area contributed by atoms with E-state index in [1.165, 1.54) is 0 Å². The molecule has 0 saturated carbocycles. The molecule has 88 valence electrons. The molecule has 2 aliphatic heterocycles. The van der Waals surface area contributed by atoms with Gasteiger partial charge in [-0.05, 0) is 12.8 Å². The Hall–Kier alpha value is -1.36. The van der Waals surface area contributed by atoms with Gasteiger partial charge in [0.1, 0.15) is 0 Å². The molecule has 1 amide bonds. The predicted octanol–water partition coefficient (Wildman–Crippen LogP) is -0.287. The van der Waals surface area contributed by atoms with Crippen molar-refractivity contribution in [1.82, 2.24) is 5.32 Å². The highest BCUT2D eigenvalue weighted by Gasteiger charge is 2.26. The Morgan fingerprint density at radius 2 is 2.38 bits per heavy atom. The Kier molecular flexibility index (Phi) is 3.24. The molecule has 0 aromatic rings. The zero-order valence-electron chi connectivity index (χ0n) is 9.07. The second-order valence-electron chi connectivity index (χ2n) is 4.25. The summed E-state index contributed by atoms with van der Waals surface area (Å²) >= 11 is 0. The number of rotatable bonds is 3. The molecule has 5 heteroatoms. The molecule has 0 aliphatic carbocycles. The summed E-state index contributed by atoms with van der Waals surface area (Å²) < 4.78 is 4.82. The fourth-order valence-electron chi connectivity index (χ4n) is 2.12. The van der Waals surface area contributed by atoms with E-state index in [-0.39, 0.29) is 23.8 Å². The van der Waals surface area contributed by atoms with Crippen LogP contribution in [0.3, 0.4) is 0 Å². The minimum Gasteiger partial charge on any atom is -0.462 e. The molecule has 5 nitrogen and oxygen atoms in total. The first-order valence-electron chi connectivity index (χ1n) is 5.58. The van der Waals surface area contributed by atoms with E-state index in [0.29, 0.717) is 25.0 Å². The maximum Gasteiger partial charge on any atom is 0.333 e. The van der Waals surface area contributed by atoms with E-state index >= 15 is 0 Å². The topological polar surface area (TPSA) is 81.4 Å². The van der Waals surface area contributed by atoms with E-state index in [1.54, 1.807) is 6.08 Å². The van der Waals surface area contributed by atoms with Crippen LogP contribution in [0.5, 0.6) is 0 Å². The second-order valence-corrected chi connectivity index (χ2v) is 4.25. The first-order valence-corrected chi connectivity index (χ1v) is 5.58. The quantitative estimate of drug-likeness (QED) is 0.510. The smallest absolute Gasteiger partial charge is 0.333 e. The number of hydrogen-bond donors (Lipinski definition) is 2. The third kappa shape index (κ3) is 2.41. The van der Waals surface area contributed by atoms with Gasteiger partial charge >= 0.3 is 5.97 Å². The first-order chi connectivity index (χ1) is 7.66. The molecule has 0 aromatic carbocycles. The van der Waals surface area contributed by atoms with Gasteiger partial charge in [-0.1, -0.05) is 6.08 Å². The molecule has 2 saturated heterocycles. The van der Waals surface area contributed by atoms with Gasteiger partial charge in [0, 0.05) is 30.5 Å². The van der Waals surface area contributed by atoms with Crippen molar-refractivity contribution in [2.24, 2.45) is 11.7 Å². The van der Waals surface area contributed by atoms with Gasteiger partial charge in [-0.2, -0.15) is 0 Å². The molecule has 0 bridgehead atoms. The van der Waals surface area contributed by atoms with Gasteiger partial charge in [0.25, 0.3) is 0 Å². The van der Waals surface area contributed by atoms with Crippen LogP contribution in [0.15, 0.2) is 11.6 Å². The monoisotopic (exact) mass is 224 g/mol. The molecule has 16 heavy (non-hydrogen) atoms. The fraction of sp³-hybridized carbons (Fsp3) is 0.636. The number of amides is 1. The third-order valence-electron chi connectivity index (χ3n) is 3.00. The largest absolute Gasteiger partial charge is 0.462 e. The summed E-state index contributed by atoms with van der Waals surface area (Å²) in [6.07, 6.45) is 3.80. The number of carbonyl (C=O) groups excluding carboxylic acids is 2. The molecular weight excluding hydrogens is 208 g/mol. The van der Waals surface area contributed by atoms with Gasteiger partial charge < -0.3 is 15.8 Å². The highest BCUT2D eigenvalue weighted by molar-refractivity contribution is 5.90. The van der Waals surface area contributed by atoms with Crippen molar-refractivity contribution in [3.63, 3.8) is 0 Å². The molecule has 2 atom stereocenters. The first kappa shape index (κ1) is 11.1. The van der Waals surface area contributed by atoms with Crippen molar-refractivity contribution < 1.29 is 14.3 Å². The maximum atomic E-state index is 11.3. The summed E-state index contributed by atoms with van der Waals surface area (Å²) in [5.74, 6) is -0.210. The Morgan fingerprint density at radius 1 is 1.56 bits per heavy atom. The summed E-state index contributed by atoms with van der Waals surface area (Å²) in [5, 5.41) is 2.77. The van der Waals surface area contributed by atoms with Crippen LogP contribution in [0.2, 0.25) is 0 Å². The lowest BCUT2D eigenvalue weighted by Crippen LogP contribution is -2.27. The highest BCUT2D eigenvalue weighted by atomic mass is 16.5. The fourth-order valence-corrected chi connectivity index (χ4v) is 2.12. The lowest BCUT2D eigenvalue weighted by Gasteiger charge is -2.11. The average molecular weight is 224 g/mol. The van der Waals surface area contributed by atoms with Crippen LogP contribution < -0.4 is 11.1 Å². The third-order valence-corrected chi connectivity index (χ3v) is 3.00. The van der Waals surface area contributed by atoms with E-state index in [9.17, 15) is 9.59 Å². The molecule has 2 rings (SSSR count). The van der Waals surface area contributed by atoms with Crippen LogP contribution in [0.1, 0.15) is 19.3 Å². The van der Waals surface area contributed by atoms with Gasteiger partial charge in [-0.15, -0.1) is 0 Å². The molecular formula is C11H16N2O3. The molecule has 0 aromatic heterocycles. The maximum absolute atomic E-state index is 11.3. The van der Waals surface area contributed by atoms with Crippen molar-refractivity contribution in [1.29, 1.82) is 0 Å². The van der Waals surface area contributed by atoms with Crippen LogP contribution in [-0.2, 0) is 14.3 Å². The number of ether oxygens (including phenoxy) is 1. The van der Waals surface area contributed by atoms with Crippen LogP contribution in [-0.4, -0.2) is 31.1 Å².